The number of nitrogens with zero attached hydrogens (tertiary/aromatic N) is 4. The van der Waals surface area contributed by atoms with Crippen LogP contribution in [0.15, 0.2) is 48.8 Å². The zero-order valence-corrected chi connectivity index (χ0v) is 18.1. The van der Waals surface area contributed by atoms with E-state index in [0.29, 0.717) is 55.2 Å². The number of esters is 1. The Balaban J connectivity index is 1.90. The van der Waals surface area contributed by atoms with E-state index in [1.54, 1.807) is 32.5 Å². The van der Waals surface area contributed by atoms with Crippen molar-refractivity contribution in [3.8, 4) is 17.0 Å². The first kappa shape index (κ1) is 21.5. The number of morpholine rings is 1. The summed E-state index contributed by atoms with van der Waals surface area (Å²) in [6.45, 7) is 4.48. The number of hydrogen-bond acceptors (Lipinski definition) is 9. The van der Waals surface area contributed by atoms with Crippen molar-refractivity contribution in [2.75, 3.05) is 50.2 Å². The molecule has 4 rings (SSSR count). The molecule has 1 saturated heterocycles. The molecule has 3 aromatic rings. The minimum Gasteiger partial charge on any atom is -0.497 e. The summed E-state index contributed by atoms with van der Waals surface area (Å²) in [5, 5.41) is 3.23. The molecule has 0 atom stereocenters. The molecule has 1 aromatic carbocycles. The minimum absolute atomic E-state index is 0.230. The lowest BCUT2D eigenvalue weighted by atomic mass is 10.1. The maximum atomic E-state index is 13.1. The molecular weight excluding hydrogens is 410 g/mol. The molecule has 0 saturated carbocycles. The number of anilines is 3. The average Bonchev–Trinajstić information content (AvgIpc) is 2.85. The van der Waals surface area contributed by atoms with E-state index in [2.05, 4.69) is 10.3 Å². The normalized spacial score (nSPS) is 13.5. The van der Waals surface area contributed by atoms with Crippen LogP contribution in [0.1, 0.15) is 17.3 Å². The van der Waals surface area contributed by atoms with Crippen molar-refractivity contribution in [1.29, 1.82) is 0 Å². The van der Waals surface area contributed by atoms with Gasteiger partial charge in [0, 0.05) is 24.8 Å². The SMILES string of the molecule is CCOC(=O)c1c(Nc2cccnc2)nc(N2CCOCC2)nc1-c1cccc(OC)c1. The van der Waals surface area contributed by atoms with Gasteiger partial charge >= 0.3 is 5.97 Å². The number of pyridine rings is 1. The maximum Gasteiger partial charge on any atom is 0.344 e. The van der Waals surface area contributed by atoms with Crippen molar-refractivity contribution >= 4 is 23.4 Å². The first-order valence-electron chi connectivity index (χ1n) is 10.4. The van der Waals surface area contributed by atoms with Crippen LogP contribution >= 0.6 is 0 Å². The topological polar surface area (TPSA) is 98.7 Å². The van der Waals surface area contributed by atoms with Crippen LogP contribution in [0.4, 0.5) is 17.5 Å². The van der Waals surface area contributed by atoms with Gasteiger partial charge in [-0.05, 0) is 31.2 Å². The van der Waals surface area contributed by atoms with Crippen molar-refractivity contribution in [3.05, 3.63) is 54.4 Å². The molecule has 166 valence electrons. The van der Waals surface area contributed by atoms with Crippen molar-refractivity contribution in [2.24, 2.45) is 0 Å². The van der Waals surface area contributed by atoms with E-state index < -0.39 is 5.97 Å². The smallest absolute Gasteiger partial charge is 0.344 e. The number of carbonyl (C=O) groups excluding carboxylic acids is 1. The Kier molecular flexibility index (Phi) is 6.76. The highest BCUT2D eigenvalue weighted by atomic mass is 16.5. The lowest BCUT2D eigenvalue weighted by molar-refractivity contribution is 0.0527. The number of methoxy groups -OCH3 is 1. The summed E-state index contributed by atoms with van der Waals surface area (Å²) in [4.78, 5) is 28.8. The second-order valence-electron chi connectivity index (χ2n) is 7.01. The Morgan fingerprint density at radius 2 is 2.03 bits per heavy atom. The number of hydrogen-bond donors (Lipinski definition) is 1. The van der Waals surface area contributed by atoms with Gasteiger partial charge in [0.1, 0.15) is 11.3 Å². The van der Waals surface area contributed by atoms with Gasteiger partial charge in [0.15, 0.2) is 5.82 Å². The maximum absolute atomic E-state index is 13.1. The highest BCUT2D eigenvalue weighted by Gasteiger charge is 2.26. The monoisotopic (exact) mass is 435 g/mol. The first-order chi connectivity index (χ1) is 15.7. The van der Waals surface area contributed by atoms with Gasteiger partial charge < -0.3 is 24.4 Å². The van der Waals surface area contributed by atoms with Gasteiger partial charge in [0.25, 0.3) is 0 Å². The molecule has 9 heteroatoms. The Morgan fingerprint density at radius 3 is 2.75 bits per heavy atom. The second-order valence-corrected chi connectivity index (χ2v) is 7.01. The van der Waals surface area contributed by atoms with Crippen molar-refractivity contribution < 1.29 is 19.0 Å². The molecule has 0 radical (unpaired) electrons. The molecule has 0 bridgehead atoms. The fourth-order valence-corrected chi connectivity index (χ4v) is 3.39. The molecule has 3 heterocycles. The fourth-order valence-electron chi connectivity index (χ4n) is 3.39. The zero-order valence-electron chi connectivity index (χ0n) is 18.1. The number of ether oxygens (including phenoxy) is 3. The van der Waals surface area contributed by atoms with Crippen LogP contribution in [0.25, 0.3) is 11.3 Å². The molecule has 2 aromatic heterocycles. The van der Waals surface area contributed by atoms with E-state index in [4.69, 9.17) is 24.2 Å². The molecule has 0 aliphatic carbocycles. The predicted molar refractivity (Wildman–Crippen MR) is 121 cm³/mol. The number of rotatable bonds is 7. The van der Waals surface area contributed by atoms with E-state index in [9.17, 15) is 4.79 Å². The molecule has 0 amide bonds. The Hall–Kier alpha value is -3.72. The van der Waals surface area contributed by atoms with Gasteiger partial charge in [-0.2, -0.15) is 4.98 Å². The number of carbonyl (C=O) groups is 1. The lowest BCUT2D eigenvalue weighted by Gasteiger charge is -2.28. The third kappa shape index (κ3) is 4.78. The fraction of sp³-hybridized carbons (Fsp3) is 0.304. The van der Waals surface area contributed by atoms with Crippen LogP contribution in [0.3, 0.4) is 0 Å². The molecule has 1 fully saturated rings. The lowest BCUT2D eigenvalue weighted by Crippen LogP contribution is -2.37. The molecule has 1 aliphatic rings. The molecular formula is C23H25N5O4. The van der Waals surface area contributed by atoms with Crippen molar-refractivity contribution in [1.82, 2.24) is 15.0 Å². The van der Waals surface area contributed by atoms with E-state index >= 15 is 0 Å². The van der Waals surface area contributed by atoms with Crippen LogP contribution < -0.4 is 15.0 Å². The van der Waals surface area contributed by atoms with E-state index in [-0.39, 0.29) is 12.2 Å². The third-order valence-electron chi connectivity index (χ3n) is 4.94. The van der Waals surface area contributed by atoms with Crippen LogP contribution in [0.2, 0.25) is 0 Å². The molecule has 0 unspecified atom stereocenters. The van der Waals surface area contributed by atoms with Gasteiger partial charge in [-0.3, -0.25) is 4.98 Å². The van der Waals surface area contributed by atoms with Crippen molar-refractivity contribution in [2.45, 2.75) is 6.92 Å². The summed E-state index contributed by atoms with van der Waals surface area (Å²) in [5.41, 5.74) is 2.13. The summed E-state index contributed by atoms with van der Waals surface area (Å²) in [7, 11) is 1.60. The molecule has 0 spiro atoms. The Morgan fingerprint density at radius 1 is 1.19 bits per heavy atom. The Bertz CT molecular complexity index is 1070. The van der Waals surface area contributed by atoms with E-state index in [1.165, 1.54) is 0 Å². The van der Waals surface area contributed by atoms with Crippen LogP contribution in [-0.4, -0.2) is 60.9 Å². The quantitative estimate of drug-likeness (QED) is 0.560. The van der Waals surface area contributed by atoms with Gasteiger partial charge in [-0.1, -0.05) is 12.1 Å². The zero-order chi connectivity index (χ0) is 22.3. The predicted octanol–water partition coefficient (Wildman–Crippen LogP) is 3.30. The summed E-state index contributed by atoms with van der Waals surface area (Å²) in [6, 6.07) is 11.1. The number of nitrogens with one attached hydrogen (secondary N) is 1. The number of aromatic nitrogens is 3. The Labute approximate surface area is 186 Å². The molecule has 1 aliphatic heterocycles. The largest absolute Gasteiger partial charge is 0.497 e. The summed E-state index contributed by atoms with van der Waals surface area (Å²) < 4.78 is 16.2. The molecule has 32 heavy (non-hydrogen) atoms. The van der Waals surface area contributed by atoms with Gasteiger partial charge in [0.05, 0.1) is 44.5 Å². The van der Waals surface area contributed by atoms with Gasteiger partial charge in [-0.15, -0.1) is 0 Å². The van der Waals surface area contributed by atoms with E-state index in [1.807, 2.05) is 35.2 Å². The van der Waals surface area contributed by atoms with Crippen LogP contribution in [0.5, 0.6) is 5.75 Å². The summed E-state index contributed by atoms with van der Waals surface area (Å²) in [5.74, 6) is 1.01. The van der Waals surface area contributed by atoms with Gasteiger partial charge in [0.2, 0.25) is 5.95 Å². The van der Waals surface area contributed by atoms with E-state index in [0.717, 1.165) is 5.56 Å². The molecule has 1 N–H and O–H groups in total. The summed E-state index contributed by atoms with van der Waals surface area (Å²) in [6.07, 6.45) is 3.34. The first-order valence-corrected chi connectivity index (χ1v) is 10.4. The standard InChI is InChI=1S/C23H25N5O4/c1-3-32-22(29)19-20(16-6-4-8-18(14-16)30-2)26-23(28-10-12-31-13-11-28)27-21(19)25-17-7-5-9-24-15-17/h4-9,14-15H,3,10-13H2,1-2H3,(H,25,26,27). The van der Waals surface area contributed by atoms with Crippen LogP contribution in [-0.2, 0) is 9.47 Å². The minimum atomic E-state index is -0.509. The van der Waals surface area contributed by atoms with Gasteiger partial charge in [-0.25, -0.2) is 9.78 Å². The average molecular weight is 435 g/mol. The van der Waals surface area contributed by atoms with Crippen LogP contribution in [0, 0.1) is 0 Å². The third-order valence-corrected chi connectivity index (χ3v) is 4.94. The highest BCUT2D eigenvalue weighted by Crippen LogP contribution is 2.33. The van der Waals surface area contributed by atoms with Crippen molar-refractivity contribution in [3.63, 3.8) is 0 Å². The number of benzene rings is 1. The highest BCUT2D eigenvalue weighted by molar-refractivity contribution is 6.02. The second kappa shape index (κ2) is 10.1. The molecule has 9 nitrogen and oxygen atoms in total. The summed E-state index contributed by atoms with van der Waals surface area (Å²) >= 11 is 0.